The first-order chi connectivity index (χ1) is 14.9. The Kier molecular flexibility index (Phi) is 7.68. The lowest BCUT2D eigenvalue weighted by Gasteiger charge is -2.16. The molecule has 6 nitrogen and oxygen atoms in total. The number of methoxy groups -OCH3 is 1. The van der Waals surface area contributed by atoms with Crippen LogP contribution in [0.3, 0.4) is 0 Å². The number of nitrogens with zero attached hydrogens (tertiary/aromatic N) is 1. The second-order valence-electron chi connectivity index (χ2n) is 6.82. The highest BCUT2D eigenvalue weighted by Crippen LogP contribution is 2.21. The number of halogens is 1. The van der Waals surface area contributed by atoms with E-state index in [1.54, 1.807) is 61.9 Å². The molecule has 1 atom stereocenters. The molecule has 3 aromatic carbocycles. The van der Waals surface area contributed by atoms with Gasteiger partial charge in [0, 0.05) is 5.02 Å². The maximum Gasteiger partial charge on any atom is 0.240 e. The molecular formula is C23H23ClN2O4S. The predicted octanol–water partition coefficient (Wildman–Crippen LogP) is 4.73. The third-order valence-electron chi connectivity index (χ3n) is 4.54. The lowest BCUT2D eigenvalue weighted by molar-refractivity contribution is 0.0634. The Hall–Kier alpha value is -2.87. The molecule has 8 heteroatoms. The Bertz CT molecular complexity index is 1110. The van der Waals surface area contributed by atoms with Gasteiger partial charge in [-0.15, -0.1) is 0 Å². The van der Waals surface area contributed by atoms with E-state index in [0.717, 1.165) is 22.4 Å². The molecule has 0 bridgehead atoms. The quantitative estimate of drug-likeness (QED) is 0.371. The van der Waals surface area contributed by atoms with Crippen LogP contribution in [0.15, 0.2) is 82.8 Å². The molecule has 0 saturated heterocycles. The molecule has 0 aliphatic carbocycles. The first-order valence-corrected chi connectivity index (χ1v) is 11.4. The average Bonchev–Trinajstić information content (AvgIpc) is 2.77. The molecule has 3 aromatic rings. The monoisotopic (exact) mass is 458 g/mol. The summed E-state index contributed by atoms with van der Waals surface area (Å²) in [5, 5.41) is 4.62. The minimum atomic E-state index is -3.69. The Balaban J connectivity index is 1.73. The van der Waals surface area contributed by atoms with Crippen LogP contribution in [0, 0.1) is 6.92 Å². The molecule has 0 spiro atoms. The number of hydrogen-bond donors (Lipinski definition) is 1. The summed E-state index contributed by atoms with van der Waals surface area (Å²) in [6.45, 7) is 1.90. The summed E-state index contributed by atoms with van der Waals surface area (Å²) < 4.78 is 33.0. The van der Waals surface area contributed by atoms with Crippen molar-refractivity contribution < 1.29 is 18.0 Å². The Labute approximate surface area is 187 Å². The first kappa shape index (κ1) is 22.8. The van der Waals surface area contributed by atoms with Crippen molar-refractivity contribution in [3.63, 3.8) is 0 Å². The van der Waals surface area contributed by atoms with Crippen LogP contribution >= 0.6 is 11.6 Å². The van der Waals surface area contributed by atoms with Crippen molar-refractivity contribution in [2.24, 2.45) is 5.16 Å². The molecule has 0 saturated carbocycles. The number of aryl methyl sites for hydroxylation is 1. The second-order valence-corrected chi connectivity index (χ2v) is 9.02. The maximum absolute atomic E-state index is 12.7. The first-order valence-electron chi connectivity index (χ1n) is 9.52. The van der Waals surface area contributed by atoms with E-state index >= 15 is 0 Å². The number of hydrogen-bond acceptors (Lipinski definition) is 5. The number of benzene rings is 3. The highest BCUT2D eigenvalue weighted by molar-refractivity contribution is 7.89. The highest BCUT2D eigenvalue weighted by Gasteiger charge is 2.19. The summed E-state index contributed by atoms with van der Waals surface area (Å²) in [6.07, 6.45) is 0.906. The van der Waals surface area contributed by atoms with Gasteiger partial charge in [0.05, 0.1) is 24.8 Å². The van der Waals surface area contributed by atoms with Gasteiger partial charge in [0.2, 0.25) is 10.0 Å². The molecule has 3 rings (SSSR count). The Morgan fingerprint density at radius 2 is 1.65 bits per heavy atom. The normalized spacial score (nSPS) is 12.6. The van der Waals surface area contributed by atoms with Gasteiger partial charge in [-0.05, 0) is 66.6 Å². The van der Waals surface area contributed by atoms with Crippen LogP contribution in [0.1, 0.15) is 22.8 Å². The van der Waals surface area contributed by atoms with Crippen molar-refractivity contribution >= 4 is 27.8 Å². The maximum atomic E-state index is 12.7. The van der Waals surface area contributed by atoms with Gasteiger partial charge in [-0.25, -0.2) is 13.1 Å². The SMILES string of the molecule is COc1ccc(/C=N/OC(CNS(=O)(=O)c2ccc(C)cc2)c2ccc(Cl)cc2)cc1. The number of nitrogens with one attached hydrogen (secondary N) is 1. The Morgan fingerprint density at radius 3 is 2.26 bits per heavy atom. The third-order valence-corrected chi connectivity index (χ3v) is 6.23. The van der Waals surface area contributed by atoms with E-state index in [1.807, 2.05) is 31.2 Å². The van der Waals surface area contributed by atoms with Crippen molar-refractivity contribution in [2.45, 2.75) is 17.9 Å². The van der Waals surface area contributed by atoms with Crippen molar-refractivity contribution in [1.82, 2.24) is 4.72 Å². The van der Waals surface area contributed by atoms with Gasteiger partial charge in [0.25, 0.3) is 0 Å². The average molecular weight is 459 g/mol. The summed E-state index contributed by atoms with van der Waals surface area (Å²) in [7, 11) is -2.10. The number of rotatable bonds is 9. The number of oxime groups is 1. The van der Waals surface area contributed by atoms with Gasteiger partial charge >= 0.3 is 0 Å². The zero-order valence-electron chi connectivity index (χ0n) is 17.2. The highest BCUT2D eigenvalue weighted by atomic mass is 35.5. The van der Waals surface area contributed by atoms with Crippen LogP contribution in [0.2, 0.25) is 5.02 Å². The van der Waals surface area contributed by atoms with Crippen molar-refractivity contribution in [3.8, 4) is 5.75 Å². The van der Waals surface area contributed by atoms with E-state index in [1.165, 1.54) is 0 Å². The number of sulfonamides is 1. The van der Waals surface area contributed by atoms with Crippen molar-refractivity contribution in [3.05, 3.63) is 94.5 Å². The minimum absolute atomic E-state index is 0.00219. The molecule has 1 N–H and O–H groups in total. The summed E-state index contributed by atoms with van der Waals surface area (Å²) in [5.74, 6) is 0.739. The van der Waals surface area contributed by atoms with Gasteiger partial charge in [0.1, 0.15) is 5.75 Å². The molecule has 31 heavy (non-hydrogen) atoms. The zero-order valence-corrected chi connectivity index (χ0v) is 18.7. The van der Waals surface area contributed by atoms with E-state index in [2.05, 4.69) is 9.88 Å². The molecule has 1 unspecified atom stereocenters. The number of ether oxygens (including phenoxy) is 1. The third kappa shape index (κ3) is 6.55. The molecular weight excluding hydrogens is 436 g/mol. The summed E-state index contributed by atoms with van der Waals surface area (Å²) in [6, 6.07) is 20.9. The lowest BCUT2D eigenvalue weighted by Crippen LogP contribution is -2.29. The van der Waals surface area contributed by atoms with Gasteiger partial charge in [-0.2, -0.15) is 0 Å². The van der Waals surface area contributed by atoms with E-state index < -0.39 is 16.1 Å². The lowest BCUT2D eigenvalue weighted by atomic mass is 10.1. The van der Waals surface area contributed by atoms with Crippen LogP contribution < -0.4 is 9.46 Å². The zero-order chi connectivity index (χ0) is 22.3. The van der Waals surface area contributed by atoms with Crippen LogP contribution in [-0.4, -0.2) is 28.3 Å². The fourth-order valence-electron chi connectivity index (χ4n) is 2.73. The molecule has 0 aromatic heterocycles. The summed E-state index contributed by atoms with van der Waals surface area (Å²) in [4.78, 5) is 5.84. The van der Waals surface area contributed by atoms with Gasteiger partial charge < -0.3 is 9.57 Å². The molecule has 0 amide bonds. The van der Waals surface area contributed by atoms with Gasteiger partial charge in [0.15, 0.2) is 6.10 Å². The fraction of sp³-hybridized carbons (Fsp3) is 0.174. The standard InChI is InChI=1S/C23H23ClN2O4S/c1-17-3-13-22(14-4-17)31(27,28)26-16-23(19-7-9-20(24)10-8-19)30-25-15-18-5-11-21(29-2)12-6-18/h3-15,23,26H,16H2,1-2H3/b25-15+. The molecule has 0 heterocycles. The molecule has 0 aliphatic heterocycles. The van der Waals surface area contributed by atoms with Gasteiger partial charge in [-0.3, -0.25) is 0 Å². The fourth-order valence-corrected chi connectivity index (χ4v) is 3.89. The molecule has 0 fully saturated rings. The topological polar surface area (TPSA) is 77.0 Å². The minimum Gasteiger partial charge on any atom is -0.497 e. The summed E-state index contributed by atoms with van der Waals surface area (Å²) in [5.41, 5.74) is 2.54. The van der Waals surface area contributed by atoms with Crippen molar-refractivity contribution in [2.75, 3.05) is 13.7 Å². The molecule has 162 valence electrons. The van der Waals surface area contributed by atoms with E-state index in [0.29, 0.717) is 5.02 Å². The van der Waals surface area contributed by atoms with Crippen molar-refractivity contribution in [1.29, 1.82) is 0 Å². The Morgan fingerprint density at radius 1 is 1.00 bits per heavy atom. The van der Waals surface area contributed by atoms with Crippen LogP contribution in [0.4, 0.5) is 0 Å². The van der Waals surface area contributed by atoms with E-state index in [-0.39, 0.29) is 11.4 Å². The van der Waals surface area contributed by atoms with Gasteiger partial charge in [-0.1, -0.05) is 46.6 Å². The van der Waals surface area contributed by atoms with E-state index in [9.17, 15) is 8.42 Å². The second kappa shape index (κ2) is 10.4. The predicted molar refractivity (Wildman–Crippen MR) is 122 cm³/mol. The van der Waals surface area contributed by atoms with Crippen LogP contribution in [0.5, 0.6) is 5.75 Å². The summed E-state index contributed by atoms with van der Waals surface area (Å²) >= 11 is 5.98. The smallest absolute Gasteiger partial charge is 0.240 e. The molecule has 0 aliphatic rings. The van der Waals surface area contributed by atoms with Crippen LogP contribution in [-0.2, 0) is 14.9 Å². The van der Waals surface area contributed by atoms with E-state index in [4.69, 9.17) is 21.2 Å². The van der Waals surface area contributed by atoms with Crippen LogP contribution in [0.25, 0.3) is 0 Å². The largest absolute Gasteiger partial charge is 0.497 e. The molecule has 0 radical (unpaired) electrons.